The molecule has 2 aromatic rings. The Morgan fingerprint density at radius 2 is 2.00 bits per heavy atom. The summed E-state index contributed by atoms with van der Waals surface area (Å²) in [5.74, 6) is 0.329. The van der Waals surface area contributed by atoms with Crippen LogP contribution in [0.1, 0.15) is 25.3 Å². The molecule has 0 fully saturated rings. The van der Waals surface area contributed by atoms with Gasteiger partial charge in [-0.25, -0.2) is 14.4 Å². The van der Waals surface area contributed by atoms with Crippen molar-refractivity contribution in [1.29, 1.82) is 0 Å². The highest BCUT2D eigenvalue weighted by molar-refractivity contribution is 6.30. The molecule has 2 rings (SSSR count). The van der Waals surface area contributed by atoms with Crippen LogP contribution in [-0.4, -0.2) is 17.1 Å². The zero-order chi connectivity index (χ0) is 14.0. The predicted molar refractivity (Wildman–Crippen MR) is 73.1 cm³/mol. The third-order valence-corrected chi connectivity index (χ3v) is 3.13. The van der Waals surface area contributed by atoms with E-state index in [0.717, 1.165) is 5.56 Å². The molecule has 0 bridgehead atoms. The van der Waals surface area contributed by atoms with Gasteiger partial charge in [0.25, 0.3) is 0 Å². The standard InChI is InChI=1S/C14H14ClFN2O/c1-8(2)12-13(17-7-18-14(12)15)10-6-9(16)4-5-11(10)19-3/h4-8H,1-3H3. The lowest BCUT2D eigenvalue weighted by atomic mass is 9.98. The van der Waals surface area contributed by atoms with Crippen LogP contribution in [0.4, 0.5) is 4.39 Å². The van der Waals surface area contributed by atoms with Crippen molar-refractivity contribution in [2.24, 2.45) is 0 Å². The second kappa shape index (κ2) is 5.53. The number of methoxy groups -OCH3 is 1. The summed E-state index contributed by atoms with van der Waals surface area (Å²) in [6.45, 7) is 3.97. The lowest BCUT2D eigenvalue weighted by molar-refractivity contribution is 0.415. The highest BCUT2D eigenvalue weighted by Gasteiger charge is 2.18. The number of hydrogen-bond acceptors (Lipinski definition) is 3. The van der Waals surface area contributed by atoms with E-state index in [1.807, 2.05) is 13.8 Å². The Morgan fingerprint density at radius 1 is 1.26 bits per heavy atom. The average Bonchev–Trinajstić information content (AvgIpc) is 2.37. The highest BCUT2D eigenvalue weighted by Crippen LogP contribution is 2.36. The molecule has 0 aliphatic heterocycles. The van der Waals surface area contributed by atoms with Crippen LogP contribution in [0.25, 0.3) is 11.3 Å². The molecule has 0 spiro atoms. The molecule has 5 heteroatoms. The third kappa shape index (κ3) is 2.68. The molecule has 1 aromatic carbocycles. The van der Waals surface area contributed by atoms with Crippen molar-refractivity contribution in [2.75, 3.05) is 7.11 Å². The Hall–Kier alpha value is -1.68. The first-order valence-corrected chi connectivity index (χ1v) is 6.26. The van der Waals surface area contributed by atoms with E-state index in [1.165, 1.54) is 25.6 Å². The van der Waals surface area contributed by atoms with Gasteiger partial charge in [0.2, 0.25) is 0 Å². The molecule has 0 aliphatic rings. The molecule has 0 N–H and O–H groups in total. The smallest absolute Gasteiger partial charge is 0.136 e. The number of nitrogens with zero attached hydrogens (tertiary/aromatic N) is 2. The molecule has 0 amide bonds. The van der Waals surface area contributed by atoms with Crippen LogP contribution >= 0.6 is 11.6 Å². The minimum absolute atomic E-state index is 0.122. The quantitative estimate of drug-likeness (QED) is 0.795. The summed E-state index contributed by atoms with van der Waals surface area (Å²) in [5, 5.41) is 0.381. The van der Waals surface area contributed by atoms with Gasteiger partial charge >= 0.3 is 0 Å². The molecule has 0 aliphatic carbocycles. The van der Waals surface area contributed by atoms with Crippen molar-refractivity contribution >= 4 is 11.6 Å². The average molecular weight is 281 g/mol. The lowest BCUT2D eigenvalue weighted by Gasteiger charge is -2.15. The van der Waals surface area contributed by atoms with Crippen molar-refractivity contribution in [2.45, 2.75) is 19.8 Å². The Balaban J connectivity index is 2.71. The topological polar surface area (TPSA) is 35.0 Å². The Labute approximate surface area is 116 Å². The summed E-state index contributed by atoms with van der Waals surface area (Å²) < 4.78 is 18.7. The fraction of sp³-hybridized carbons (Fsp3) is 0.286. The third-order valence-electron chi connectivity index (χ3n) is 2.83. The van der Waals surface area contributed by atoms with E-state index in [1.54, 1.807) is 6.07 Å². The second-order valence-electron chi connectivity index (χ2n) is 4.43. The van der Waals surface area contributed by atoms with E-state index < -0.39 is 0 Å². The molecule has 0 unspecified atom stereocenters. The van der Waals surface area contributed by atoms with Gasteiger partial charge in [0, 0.05) is 11.1 Å². The molecule has 1 aromatic heterocycles. The summed E-state index contributed by atoms with van der Waals surface area (Å²) >= 11 is 6.12. The van der Waals surface area contributed by atoms with Crippen LogP contribution in [0.15, 0.2) is 24.5 Å². The number of benzene rings is 1. The zero-order valence-corrected chi connectivity index (χ0v) is 11.7. The first kappa shape index (κ1) is 13.7. The van der Waals surface area contributed by atoms with Crippen molar-refractivity contribution in [3.05, 3.63) is 41.1 Å². The van der Waals surface area contributed by atoms with Crippen LogP contribution in [-0.2, 0) is 0 Å². The maximum atomic E-state index is 13.5. The SMILES string of the molecule is COc1ccc(F)cc1-c1ncnc(Cl)c1C(C)C. The number of aromatic nitrogens is 2. The molecule has 0 radical (unpaired) electrons. The van der Waals surface area contributed by atoms with E-state index in [9.17, 15) is 4.39 Å². The summed E-state index contributed by atoms with van der Waals surface area (Å²) in [6, 6.07) is 4.31. The molecule has 0 atom stereocenters. The first-order valence-electron chi connectivity index (χ1n) is 5.89. The predicted octanol–water partition coefficient (Wildman–Crippen LogP) is 4.07. The minimum Gasteiger partial charge on any atom is -0.496 e. The molecule has 0 saturated heterocycles. The molecule has 0 saturated carbocycles. The van der Waals surface area contributed by atoms with Gasteiger partial charge in [-0.15, -0.1) is 0 Å². The van der Waals surface area contributed by atoms with Gasteiger partial charge in [0.05, 0.1) is 12.8 Å². The number of hydrogen-bond donors (Lipinski definition) is 0. The van der Waals surface area contributed by atoms with Gasteiger partial charge in [0.15, 0.2) is 0 Å². The van der Waals surface area contributed by atoms with Gasteiger partial charge in [-0.3, -0.25) is 0 Å². The van der Waals surface area contributed by atoms with E-state index in [2.05, 4.69) is 9.97 Å². The van der Waals surface area contributed by atoms with Gasteiger partial charge in [-0.2, -0.15) is 0 Å². The Bertz CT molecular complexity index is 602. The van der Waals surface area contributed by atoms with E-state index in [-0.39, 0.29) is 11.7 Å². The molecular weight excluding hydrogens is 267 g/mol. The van der Waals surface area contributed by atoms with Crippen LogP contribution in [0.3, 0.4) is 0 Å². The largest absolute Gasteiger partial charge is 0.496 e. The monoisotopic (exact) mass is 280 g/mol. The van der Waals surface area contributed by atoms with E-state index in [4.69, 9.17) is 16.3 Å². The second-order valence-corrected chi connectivity index (χ2v) is 4.78. The fourth-order valence-electron chi connectivity index (χ4n) is 1.97. The van der Waals surface area contributed by atoms with E-state index in [0.29, 0.717) is 22.2 Å². The normalized spacial score (nSPS) is 10.8. The van der Waals surface area contributed by atoms with Crippen LogP contribution in [0.5, 0.6) is 5.75 Å². The number of ether oxygens (including phenoxy) is 1. The molecule has 3 nitrogen and oxygen atoms in total. The van der Waals surface area contributed by atoms with Gasteiger partial charge in [0.1, 0.15) is 23.0 Å². The summed E-state index contributed by atoms with van der Waals surface area (Å²) in [5.41, 5.74) is 1.97. The molecular formula is C14H14ClFN2O. The van der Waals surface area contributed by atoms with E-state index >= 15 is 0 Å². The zero-order valence-electron chi connectivity index (χ0n) is 10.9. The van der Waals surface area contributed by atoms with Crippen LogP contribution < -0.4 is 4.74 Å². The van der Waals surface area contributed by atoms with Crippen molar-refractivity contribution in [3.63, 3.8) is 0 Å². The maximum absolute atomic E-state index is 13.5. The minimum atomic E-state index is -0.347. The highest BCUT2D eigenvalue weighted by atomic mass is 35.5. The van der Waals surface area contributed by atoms with Gasteiger partial charge < -0.3 is 4.74 Å². The Kier molecular flexibility index (Phi) is 4.00. The Morgan fingerprint density at radius 3 is 2.63 bits per heavy atom. The molecule has 19 heavy (non-hydrogen) atoms. The van der Waals surface area contributed by atoms with Crippen LogP contribution in [0, 0.1) is 5.82 Å². The van der Waals surface area contributed by atoms with Crippen molar-refractivity contribution < 1.29 is 9.13 Å². The van der Waals surface area contributed by atoms with Crippen molar-refractivity contribution in [3.8, 4) is 17.0 Å². The van der Waals surface area contributed by atoms with Gasteiger partial charge in [-0.05, 0) is 24.1 Å². The number of rotatable bonds is 3. The first-order chi connectivity index (χ1) is 9.04. The summed E-state index contributed by atoms with van der Waals surface area (Å²) in [6.07, 6.45) is 1.37. The summed E-state index contributed by atoms with van der Waals surface area (Å²) in [7, 11) is 1.54. The summed E-state index contributed by atoms with van der Waals surface area (Å²) in [4.78, 5) is 8.22. The van der Waals surface area contributed by atoms with Gasteiger partial charge in [-0.1, -0.05) is 25.4 Å². The fourth-order valence-corrected chi connectivity index (χ4v) is 2.32. The number of halogens is 2. The lowest BCUT2D eigenvalue weighted by Crippen LogP contribution is -2.00. The molecule has 1 heterocycles. The maximum Gasteiger partial charge on any atom is 0.136 e. The van der Waals surface area contributed by atoms with Crippen molar-refractivity contribution in [1.82, 2.24) is 9.97 Å². The molecule has 100 valence electrons. The van der Waals surface area contributed by atoms with Crippen LogP contribution in [0.2, 0.25) is 5.15 Å².